The molecule has 3 aromatic rings. The summed E-state index contributed by atoms with van der Waals surface area (Å²) in [6, 6.07) is 10.8. The van der Waals surface area contributed by atoms with Gasteiger partial charge in [-0.25, -0.2) is 19.5 Å². The lowest BCUT2D eigenvalue weighted by Gasteiger charge is -2.26. The van der Waals surface area contributed by atoms with Crippen molar-refractivity contribution in [2.75, 3.05) is 20.2 Å². The molecule has 41 heavy (non-hydrogen) atoms. The number of benzene rings is 2. The minimum Gasteiger partial charge on any atom is -0.496 e. The number of halogens is 2. The molecule has 3 amide bonds. The first-order valence-corrected chi connectivity index (χ1v) is 13.9. The molecule has 0 spiro atoms. The number of amides is 3. The van der Waals surface area contributed by atoms with Crippen LogP contribution in [0.25, 0.3) is 0 Å². The van der Waals surface area contributed by atoms with Gasteiger partial charge in [-0.15, -0.1) is 11.3 Å². The van der Waals surface area contributed by atoms with Gasteiger partial charge >= 0.3 is 12.0 Å². The SMILES string of the molecule is CC[C@@H](NC(=O)N1CC(NOc2cccc(F)c2)=NC[C@@H](Cc2cc(Cl)ccc2OC)C1=O)c1cc(C(=O)O)cs1. The summed E-state index contributed by atoms with van der Waals surface area (Å²) in [5.41, 5.74) is 3.43. The Labute approximate surface area is 244 Å². The summed E-state index contributed by atoms with van der Waals surface area (Å²) in [7, 11) is 1.51. The van der Waals surface area contributed by atoms with Crippen LogP contribution >= 0.6 is 22.9 Å². The second kappa shape index (κ2) is 13.5. The van der Waals surface area contributed by atoms with Gasteiger partial charge in [0.15, 0.2) is 11.6 Å². The molecule has 0 fully saturated rings. The first-order chi connectivity index (χ1) is 19.7. The number of imide groups is 1. The quantitative estimate of drug-likeness (QED) is 0.291. The standard InChI is InChI=1S/C28H28ClFN4O6S/c1-3-22(24-11-18(15-41-24)27(36)37)32-28(38)34-14-25(33-40-21-6-4-5-20(30)12-21)31-13-17(26(34)35)9-16-10-19(29)7-8-23(16)39-2/h4-8,10-12,15,17,22H,3,9,13-14H2,1-2H3,(H,31,33)(H,32,38)(H,36,37)/t17-,22-/m1/s1. The highest BCUT2D eigenvalue weighted by molar-refractivity contribution is 7.10. The van der Waals surface area contributed by atoms with Crippen molar-refractivity contribution < 1.29 is 33.5 Å². The topological polar surface area (TPSA) is 130 Å². The summed E-state index contributed by atoms with van der Waals surface area (Å²) in [6.45, 7) is 1.62. The molecule has 10 nitrogen and oxygen atoms in total. The maximum absolute atomic E-state index is 13.8. The Morgan fingerprint density at radius 1 is 1.27 bits per heavy atom. The van der Waals surface area contributed by atoms with E-state index in [0.717, 1.165) is 4.90 Å². The fraction of sp³-hybridized carbons (Fsp3) is 0.286. The number of hydrogen-bond donors (Lipinski definition) is 3. The van der Waals surface area contributed by atoms with Gasteiger partial charge in [-0.3, -0.25) is 14.7 Å². The number of carbonyl (C=O) groups excluding carboxylic acids is 2. The molecule has 1 aliphatic heterocycles. The van der Waals surface area contributed by atoms with Gasteiger partial charge in [-0.2, -0.15) is 0 Å². The molecule has 1 aliphatic rings. The number of aromatic carboxylic acids is 1. The van der Waals surface area contributed by atoms with E-state index in [1.807, 2.05) is 6.92 Å². The van der Waals surface area contributed by atoms with Crippen LogP contribution in [0.3, 0.4) is 0 Å². The van der Waals surface area contributed by atoms with Crippen LogP contribution in [0.2, 0.25) is 5.02 Å². The molecule has 0 aliphatic carbocycles. The zero-order chi connectivity index (χ0) is 29.5. The number of hydroxylamine groups is 1. The summed E-state index contributed by atoms with van der Waals surface area (Å²) >= 11 is 7.40. The highest BCUT2D eigenvalue weighted by Gasteiger charge is 2.34. The Balaban J connectivity index is 1.59. The Kier molecular flexibility index (Phi) is 9.79. The largest absolute Gasteiger partial charge is 0.496 e. The smallest absolute Gasteiger partial charge is 0.336 e. The van der Waals surface area contributed by atoms with E-state index in [4.69, 9.17) is 21.2 Å². The number of aliphatic imine (C=N–C) groups is 1. The Hall–Kier alpha value is -4.16. The number of methoxy groups -OCH3 is 1. The van der Waals surface area contributed by atoms with Gasteiger partial charge in [-0.05, 0) is 54.8 Å². The zero-order valence-electron chi connectivity index (χ0n) is 22.2. The lowest BCUT2D eigenvalue weighted by molar-refractivity contribution is -0.131. The molecular weight excluding hydrogens is 575 g/mol. The predicted octanol–water partition coefficient (Wildman–Crippen LogP) is 5.09. The van der Waals surface area contributed by atoms with Crippen molar-refractivity contribution in [2.45, 2.75) is 25.8 Å². The normalized spacial score (nSPS) is 15.9. The van der Waals surface area contributed by atoms with Gasteiger partial charge in [0.05, 0.1) is 37.7 Å². The number of nitrogens with one attached hydrogen (secondary N) is 2. The minimum absolute atomic E-state index is 0.0250. The highest BCUT2D eigenvalue weighted by Crippen LogP contribution is 2.28. The van der Waals surface area contributed by atoms with E-state index in [2.05, 4.69) is 15.8 Å². The molecule has 0 saturated heterocycles. The molecule has 1 aromatic heterocycles. The van der Waals surface area contributed by atoms with Crippen LogP contribution in [0.1, 0.15) is 40.2 Å². The minimum atomic E-state index is -1.07. The number of amidine groups is 1. The third-order valence-electron chi connectivity index (χ3n) is 6.38. The van der Waals surface area contributed by atoms with E-state index in [9.17, 15) is 23.9 Å². The number of carbonyl (C=O) groups is 3. The number of carboxylic acids is 1. The predicted molar refractivity (Wildman–Crippen MR) is 152 cm³/mol. The number of nitrogens with zero attached hydrogens (tertiary/aromatic N) is 2. The molecule has 216 valence electrons. The third-order valence-corrected chi connectivity index (χ3v) is 7.66. The van der Waals surface area contributed by atoms with Crippen LogP contribution in [0.4, 0.5) is 9.18 Å². The molecule has 0 saturated carbocycles. The number of ether oxygens (including phenoxy) is 1. The Bertz CT molecular complexity index is 1460. The van der Waals surface area contributed by atoms with Crippen LogP contribution in [-0.2, 0) is 11.2 Å². The van der Waals surface area contributed by atoms with E-state index in [1.54, 1.807) is 18.2 Å². The fourth-order valence-electron chi connectivity index (χ4n) is 4.25. The summed E-state index contributed by atoms with van der Waals surface area (Å²) in [5.74, 6) is -1.90. The van der Waals surface area contributed by atoms with Crippen LogP contribution in [-0.4, -0.2) is 53.9 Å². The number of hydrogen-bond acceptors (Lipinski definition) is 8. The molecule has 0 unspecified atom stereocenters. The lowest BCUT2D eigenvalue weighted by atomic mass is 9.97. The second-order valence-electron chi connectivity index (χ2n) is 9.18. The van der Waals surface area contributed by atoms with Crippen LogP contribution in [0.15, 0.2) is 58.9 Å². The van der Waals surface area contributed by atoms with Crippen molar-refractivity contribution in [3.63, 3.8) is 0 Å². The van der Waals surface area contributed by atoms with Crippen molar-refractivity contribution in [3.05, 3.63) is 80.8 Å². The molecule has 2 heterocycles. The highest BCUT2D eigenvalue weighted by atomic mass is 35.5. The molecule has 0 radical (unpaired) electrons. The third kappa shape index (κ3) is 7.53. The maximum atomic E-state index is 13.8. The van der Waals surface area contributed by atoms with Crippen LogP contribution < -0.4 is 20.4 Å². The van der Waals surface area contributed by atoms with Crippen LogP contribution in [0.5, 0.6) is 11.5 Å². The van der Waals surface area contributed by atoms with E-state index in [1.165, 1.54) is 54.2 Å². The average molecular weight is 603 g/mol. The zero-order valence-corrected chi connectivity index (χ0v) is 23.8. The summed E-state index contributed by atoms with van der Waals surface area (Å²) in [4.78, 5) is 50.3. The maximum Gasteiger partial charge on any atom is 0.336 e. The molecule has 2 aromatic carbocycles. The Morgan fingerprint density at radius 2 is 2.07 bits per heavy atom. The molecule has 4 rings (SSSR count). The van der Waals surface area contributed by atoms with Crippen molar-refractivity contribution in [1.29, 1.82) is 0 Å². The first kappa shape index (κ1) is 29.8. The molecule has 13 heteroatoms. The van der Waals surface area contributed by atoms with Crippen molar-refractivity contribution in [3.8, 4) is 11.5 Å². The fourth-order valence-corrected chi connectivity index (χ4v) is 5.47. The van der Waals surface area contributed by atoms with Crippen molar-refractivity contribution in [2.24, 2.45) is 10.9 Å². The van der Waals surface area contributed by atoms with Gasteiger partial charge in [0.1, 0.15) is 11.6 Å². The van der Waals surface area contributed by atoms with E-state index < -0.39 is 35.7 Å². The number of carboxylic acid groups (broad SMARTS) is 1. The molecule has 2 atom stereocenters. The van der Waals surface area contributed by atoms with Gasteiger partial charge in [0, 0.05) is 21.3 Å². The van der Waals surface area contributed by atoms with Gasteiger partial charge in [-0.1, -0.05) is 24.6 Å². The molecular formula is C28H28ClFN4O6S. The van der Waals surface area contributed by atoms with E-state index >= 15 is 0 Å². The van der Waals surface area contributed by atoms with Crippen LogP contribution in [0, 0.1) is 11.7 Å². The summed E-state index contributed by atoms with van der Waals surface area (Å²) in [6.07, 6.45) is 0.649. The van der Waals surface area contributed by atoms with E-state index in [0.29, 0.717) is 27.6 Å². The average Bonchev–Trinajstić information content (AvgIpc) is 3.39. The number of thiophene rings is 1. The lowest BCUT2D eigenvalue weighted by Crippen LogP contribution is -2.50. The van der Waals surface area contributed by atoms with E-state index in [-0.39, 0.29) is 36.7 Å². The summed E-state index contributed by atoms with van der Waals surface area (Å²) in [5, 5.41) is 14.1. The van der Waals surface area contributed by atoms with Gasteiger partial charge < -0.3 is 20.0 Å². The number of urea groups is 1. The van der Waals surface area contributed by atoms with Gasteiger partial charge in [0.2, 0.25) is 5.91 Å². The first-order valence-electron chi connectivity index (χ1n) is 12.7. The monoisotopic (exact) mass is 602 g/mol. The molecule has 0 bridgehead atoms. The van der Waals surface area contributed by atoms with Gasteiger partial charge in [0.25, 0.3) is 0 Å². The summed E-state index contributed by atoms with van der Waals surface area (Å²) < 4.78 is 19.0. The van der Waals surface area contributed by atoms with Crippen molar-refractivity contribution in [1.82, 2.24) is 15.7 Å². The van der Waals surface area contributed by atoms with Crippen molar-refractivity contribution >= 4 is 46.7 Å². The number of rotatable bonds is 9. The second-order valence-corrected chi connectivity index (χ2v) is 10.6. The Morgan fingerprint density at radius 3 is 2.76 bits per heavy atom. The molecule has 3 N–H and O–H groups in total.